The van der Waals surface area contributed by atoms with Crippen molar-refractivity contribution in [3.63, 3.8) is 0 Å². The minimum atomic E-state index is -0.473. The van der Waals surface area contributed by atoms with Crippen LogP contribution in [-0.2, 0) is 12.8 Å². The van der Waals surface area contributed by atoms with Gasteiger partial charge in [0.1, 0.15) is 0 Å². The van der Waals surface area contributed by atoms with E-state index in [2.05, 4.69) is 97.9 Å². The smallest absolute Gasteiger partial charge is 0.0802 e. The van der Waals surface area contributed by atoms with Crippen LogP contribution in [0.3, 0.4) is 0 Å². The molecule has 0 radical (unpaired) electrons. The van der Waals surface area contributed by atoms with Crippen molar-refractivity contribution in [2.24, 2.45) is 0 Å². The summed E-state index contributed by atoms with van der Waals surface area (Å²) in [6.07, 6.45) is 10.6. The molecule has 1 aliphatic carbocycles. The normalized spacial score (nSPS) is 13.7. The highest BCUT2D eigenvalue weighted by molar-refractivity contribution is 6.63. The number of hydrogen-bond acceptors (Lipinski definition) is 0. The Morgan fingerprint density at radius 3 is 2.31 bits per heavy atom. The molecule has 3 aromatic rings. The molecule has 0 unspecified atom stereocenters. The summed E-state index contributed by atoms with van der Waals surface area (Å²) in [6, 6.07) is 29.3. The van der Waals surface area contributed by atoms with Crippen LogP contribution in [-0.4, -0.2) is 9.52 Å². The van der Waals surface area contributed by atoms with Crippen molar-refractivity contribution in [2.75, 3.05) is 0 Å². The third kappa shape index (κ3) is 5.05. The Kier molecular flexibility index (Phi) is 6.59. The molecule has 0 fully saturated rings. The van der Waals surface area contributed by atoms with Gasteiger partial charge in [-0.15, -0.1) is 0 Å². The molecule has 4 rings (SSSR count). The molecule has 0 bridgehead atoms. The fourth-order valence-electron chi connectivity index (χ4n) is 4.19. The Labute approximate surface area is 177 Å². The summed E-state index contributed by atoms with van der Waals surface area (Å²) in [5, 5.41) is 3.26. The van der Waals surface area contributed by atoms with Crippen LogP contribution in [0.1, 0.15) is 48.4 Å². The van der Waals surface area contributed by atoms with E-state index in [9.17, 15) is 0 Å². The summed E-state index contributed by atoms with van der Waals surface area (Å²) in [5.74, 6) is 0. The monoisotopic (exact) mass is 394 g/mol. The summed E-state index contributed by atoms with van der Waals surface area (Å²) in [4.78, 5) is 0. The summed E-state index contributed by atoms with van der Waals surface area (Å²) in [6.45, 7) is 2.26. The topological polar surface area (TPSA) is 0 Å². The van der Waals surface area contributed by atoms with E-state index in [0.29, 0.717) is 0 Å². The summed E-state index contributed by atoms with van der Waals surface area (Å²) in [5.41, 5.74) is 7.23. The number of unbranched alkanes of at least 4 members (excludes halogenated alkanes) is 1. The molecule has 0 nitrogen and oxygen atoms in total. The molecular formula is C28H30Si. The highest BCUT2D eigenvalue weighted by atomic mass is 28.2. The number of allylic oxidation sites excluding steroid dienone is 4. The fourth-order valence-corrected chi connectivity index (χ4v) is 6.20. The average molecular weight is 395 g/mol. The first-order chi connectivity index (χ1) is 14.3. The van der Waals surface area contributed by atoms with E-state index in [1.165, 1.54) is 47.1 Å². The Balaban J connectivity index is 1.53. The molecule has 3 aromatic carbocycles. The minimum Gasteiger partial charge on any atom is -0.0802 e. The van der Waals surface area contributed by atoms with E-state index in [1.54, 1.807) is 10.4 Å². The Morgan fingerprint density at radius 1 is 0.793 bits per heavy atom. The van der Waals surface area contributed by atoms with Gasteiger partial charge in [-0.05, 0) is 53.5 Å². The van der Waals surface area contributed by atoms with Gasteiger partial charge in [0.2, 0.25) is 0 Å². The Hall–Kier alpha value is -2.64. The molecule has 0 aromatic heterocycles. The van der Waals surface area contributed by atoms with E-state index < -0.39 is 9.52 Å². The predicted molar refractivity (Wildman–Crippen MR) is 130 cm³/mol. The van der Waals surface area contributed by atoms with Crippen molar-refractivity contribution in [1.29, 1.82) is 0 Å². The van der Waals surface area contributed by atoms with Gasteiger partial charge in [0.15, 0.2) is 0 Å². The molecular weight excluding hydrogens is 364 g/mol. The van der Waals surface area contributed by atoms with Crippen LogP contribution in [0.15, 0.2) is 96.2 Å². The number of aryl methyl sites for hydroxylation is 1. The second-order valence-corrected chi connectivity index (χ2v) is 10.0. The van der Waals surface area contributed by atoms with E-state index >= 15 is 0 Å². The SMILES string of the molecule is CCCCc1ccc(Cc2ccccc2[SiH2]C2=C(c3ccccc3)C=CC2)cc1. The third-order valence-corrected chi connectivity index (χ3v) is 8.04. The van der Waals surface area contributed by atoms with Crippen LogP contribution in [0.2, 0.25) is 0 Å². The van der Waals surface area contributed by atoms with Gasteiger partial charge in [0, 0.05) is 0 Å². The number of hydrogen-bond donors (Lipinski definition) is 0. The molecule has 29 heavy (non-hydrogen) atoms. The van der Waals surface area contributed by atoms with Gasteiger partial charge in [-0.2, -0.15) is 0 Å². The number of benzene rings is 3. The third-order valence-electron chi connectivity index (χ3n) is 5.87. The first kappa shape index (κ1) is 19.7. The summed E-state index contributed by atoms with van der Waals surface area (Å²) in [7, 11) is -0.473. The van der Waals surface area contributed by atoms with E-state index in [4.69, 9.17) is 0 Å². The first-order valence-electron chi connectivity index (χ1n) is 10.9. The van der Waals surface area contributed by atoms with Gasteiger partial charge < -0.3 is 0 Å². The van der Waals surface area contributed by atoms with E-state index in [0.717, 1.165) is 12.8 Å². The van der Waals surface area contributed by atoms with Crippen LogP contribution in [0, 0.1) is 0 Å². The van der Waals surface area contributed by atoms with Crippen LogP contribution >= 0.6 is 0 Å². The number of rotatable bonds is 8. The molecule has 1 aliphatic rings. The second-order valence-electron chi connectivity index (χ2n) is 8.03. The maximum absolute atomic E-state index is 2.37. The van der Waals surface area contributed by atoms with Gasteiger partial charge in [-0.1, -0.05) is 115 Å². The maximum atomic E-state index is 2.37. The molecule has 0 spiro atoms. The van der Waals surface area contributed by atoms with Crippen molar-refractivity contribution in [1.82, 2.24) is 0 Å². The zero-order valence-corrected chi connectivity index (χ0v) is 18.8. The highest BCUT2D eigenvalue weighted by Crippen LogP contribution is 2.27. The van der Waals surface area contributed by atoms with Crippen LogP contribution < -0.4 is 5.19 Å². The highest BCUT2D eigenvalue weighted by Gasteiger charge is 2.14. The predicted octanol–water partition coefficient (Wildman–Crippen LogP) is 5.79. The lowest BCUT2D eigenvalue weighted by Crippen LogP contribution is -2.21. The molecule has 0 aliphatic heterocycles. The summed E-state index contributed by atoms with van der Waals surface area (Å²) < 4.78 is 0. The van der Waals surface area contributed by atoms with Crippen molar-refractivity contribution in [2.45, 2.75) is 39.0 Å². The largest absolute Gasteiger partial charge is 0.0840 e. The lowest BCUT2D eigenvalue weighted by Gasteiger charge is -2.13. The quantitative estimate of drug-likeness (QED) is 0.425. The first-order valence-corrected chi connectivity index (χ1v) is 12.3. The standard InChI is InChI=1S/C28H30Si/c1-2-3-10-22-17-19-23(20-18-22)21-25-13-7-8-15-27(25)29-28-16-9-14-26(28)24-11-5-4-6-12-24/h4-9,11-15,17-20H,2-3,10,16,21,29H2,1H3. The maximum Gasteiger partial charge on any atom is 0.0840 e. The van der Waals surface area contributed by atoms with E-state index in [1.807, 2.05) is 0 Å². The zero-order chi connectivity index (χ0) is 19.9. The van der Waals surface area contributed by atoms with Crippen LogP contribution in [0.25, 0.3) is 5.57 Å². The van der Waals surface area contributed by atoms with Crippen molar-refractivity contribution < 1.29 is 0 Å². The fraction of sp³-hybridized carbons (Fsp3) is 0.214. The molecule has 0 saturated heterocycles. The molecule has 0 saturated carbocycles. The average Bonchev–Trinajstić information content (AvgIpc) is 3.23. The van der Waals surface area contributed by atoms with Crippen LogP contribution in [0.5, 0.6) is 0 Å². The van der Waals surface area contributed by atoms with Gasteiger partial charge in [0.05, 0.1) is 9.52 Å². The van der Waals surface area contributed by atoms with Gasteiger partial charge in [-0.25, -0.2) is 0 Å². The second kappa shape index (κ2) is 9.71. The lowest BCUT2D eigenvalue weighted by atomic mass is 10.0. The molecule has 1 heteroatoms. The Bertz CT molecular complexity index is 994. The van der Waals surface area contributed by atoms with Crippen LogP contribution in [0.4, 0.5) is 0 Å². The molecule has 0 N–H and O–H groups in total. The molecule has 0 heterocycles. The van der Waals surface area contributed by atoms with E-state index in [-0.39, 0.29) is 0 Å². The van der Waals surface area contributed by atoms with Gasteiger partial charge >= 0.3 is 0 Å². The van der Waals surface area contributed by atoms with Crippen molar-refractivity contribution in [3.05, 3.63) is 118 Å². The van der Waals surface area contributed by atoms with Gasteiger partial charge in [-0.3, -0.25) is 0 Å². The van der Waals surface area contributed by atoms with Crippen molar-refractivity contribution in [3.8, 4) is 0 Å². The Morgan fingerprint density at radius 2 is 1.52 bits per heavy atom. The summed E-state index contributed by atoms with van der Waals surface area (Å²) >= 11 is 0. The zero-order valence-electron chi connectivity index (χ0n) is 17.4. The molecule has 0 amide bonds. The molecule has 0 atom stereocenters. The lowest BCUT2D eigenvalue weighted by molar-refractivity contribution is 0.795. The van der Waals surface area contributed by atoms with Crippen molar-refractivity contribution >= 4 is 20.3 Å². The van der Waals surface area contributed by atoms with Gasteiger partial charge in [0.25, 0.3) is 0 Å². The molecule has 146 valence electrons. The minimum absolute atomic E-state index is 0.473.